The second-order valence-corrected chi connectivity index (χ2v) is 24.9. The van der Waals surface area contributed by atoms with Gasteiger partial charge in [-0.2, -0.15) is 0 Å². The van der Waals surface area contributed by atoms with E-state index in [1.54, 1.807) is 18.3 Å². The van der Waals surface area contributed by atoms with Gasteiger partial charge in [0.05, 0.1) is 8.07 Å². The van der Waals surface area contributed by atoms with Crippen molar-refractivity contribution in [3.8, 4) is 44.6 Å². The van der Waals surface area contributed by atoms with Crippen LogP contribution in [0.25, 0.3) is 72.0 Å². The average molecular weight is 1150 g/mol. The van der Waals surface area contributed by atoms with Crippen LogP contribution in [0, 0.1) is 19.1 Å². The minimum atomic E-state index is -1.33. The number of carboxylic acids is 1. The number of nitrogens with zero attached hydrogens (tertiary/aromatic N) is 4. The maximum absolute atomic E-state index is 12.7. The molecule has 10 rings (SSSR count). The van der Waals surface area contributed by atoms with Crippen LogP contribution in [0.5, 0.6) is 0 Å². The largest absolute Gasteiger partial charge is 3.00 e. The van der Waals surface area contributed by atoms with Gasteiger partial charge in [-0.15, -0.1) is 59.4 Å². The second-order valence-electron chi connectivity index (χ2n) is 19.8. The maximum atomic E-state index is 12.7. The van der Waals surface area contributed by atoms with Gasteiger partial charge in [0, 0.05) is 29.1 Å². The molecule has 73 heavy (non-hydrogen) atoms. The summed E-state index contributed by atoms with van der Waals surface area (Å²) in [6.07, 6.45) is 3.72. The van der Waals surface area contributed by atoms with Crippen LogP contribution in [0.2, 0.25) is 19.6 Å². The van der Waals surface area contributed by atoms with Gasteiger partial charge >= 0.3 is 20.1 Å². The Morgan fingerprint density at radius 3 is 1.81 bits per heavy atom. The number of aromatic carboxylic acids is 1. The Balaban J connectivity index is 0.000000300. The number of aryl methyl sites for hydroxylation is 1. The zero-order chi connectivity index (χ0) is 50.7. The number of carboxylic acid groups (broad SMARTS) is 1. The van der Waals surface area contributed by atoms with Crippen molar-refractivity contribution in [2.75, 3.05) is 4.90 Å². The molecule has 0 radical (unpaired) electrons. The van der Waals surface area contributed by atoms with E-state index < -0.39 is 14.0 Å². The molecule has 0 bridgehead atoms. The van der Waals surface area contributed by atoms with E-state index in [9.17, 15) is 10.2 Å². The predicted molar refractivity (Wildman–Crippen MR) is 301 cm³/mol. The monoisotopic (exact) mass is 1150 g/mol. The number of hydrogen-bond acceptors (Lipinski definition) is 4. The fourth-order valence-corrected chi connectivity index (χ4v) is 10.1. The summed E-state index contributed by atoms with van der Waals surface area (Å²) < 4.78 is 6.69. The Hall–Kier alpha value is -7.55. The normalized spacial score (nSPS) is 11.3. The molecule has 0 fully saturated rings. The number of benzene rings is 7. The Morgan fingerprint density at radius 2 is 1.26 bits per heavy atom. The molecule has 7 nitrogen and oxygen atoms in total. The third-order valence-electron chi connectivity index (χ3n) is 13.0. The van der Waals surface area contributed by atoms with E-state index >= 15 is 0 Å². The van der Waals surface area contributed by atoms with E-state index in [1.807, 2.05) is 60.5 Å². The minimum Gasteiger partial charge on any atom is -0.520 e. The van der Waals surface area contributed by atoms with Crippen LogP contribution < -0.4 is 10.1 Å². The molecule has 0 aliphatic heterocycles. The summed E-state index contributed by atoms with van der Waals surface area (Å²) in [6, 6.07) is 63.5. The van der Waals surface area contributed by atoms with Gasteiger partial charge in [0.2, 0.25) is 0 Å². The number of rotatable bonds is 11. The standard InChI is InChI=1S/C49H41N3O.C15H16NO2Si.Ir/c1-31(2)44-28-39(35-15-10-7-11-16-35)29-45(32(3)4)47(44)52(40-25-26-51-33(5)27-40)49(50)43-18-12-17-42-41-24-23-38(30-46(41)53-48(42)43)37-21-19-36(20-22-37)34-13-8-6-9-14-34;1-19(2,3)13-8-9-14(16-10-13)11-4-6-12(7-5-11)15(17)18;/h6-17,19-32H,1-5H3;4,6-10H,1-3H3,(H,17,18);/q-2;-1;+3. The zero-order valence-corrected chi connectivity index (χ0v) is 45.8. The summed E-state index contributed by atoms with van der Waals surface area (Å²) in [4.78, 5) is 21.7. The SMILES string of the molecule is C[Si](C)(C)c1ccc(-c2[c-]cc(C(=O)O)cc2)nc1.Cc1cc(N(C(=[N-])c2[c-]ccc3c2oc2cc(-c4ccc(-c5ccccc5)cc4)ccc23)c2c(C(C)C)cc(-c3ccccc3)cc2C(C)C)ccn1.[Ir+3]. The molecule has 0 aliphatic rings. The fourth-order valence-electron chi connectivity index (χ4n) is 9.04. The number of amidine groups is 1. The molecule has 0 amide bonds. The zero-order valence-electron chi connectivity index (χ0n) is 42.4. The Labute approximate surface area is 443 Å². The van der Waals surface area contributed by atoms with Crippen LogP contribution in [0.15, 0.2) is 187 Å². The summed E-state index contributed by atoms with van der Waals surface area (Å²) >= 11 is 0. The summed E-state index contributed by atoms with van der Waals surface area (Å²) in [7, 11) is -1.33. The van der Waals surface area contributed by atoms with Crippen molar-refractivity contribution in [1.82, 2.24) is 9.97 Å². The van der Waals surface area contributed by atoms with Crippen molar-refractivity contribution in [3.63, 3.8) is 0 Å². The Bertz CT molecular complexity index is 3520. The minimum absolute atomic E-state index is 0. The van der Waals surface area contributed by atoms with Crippen LogP contribution in [0.1, 0.15) is 72.3 Å². The van der Waals surface area contributed by atoms with E-state index in [4.69, 9.17) is 9.52 Å². The molecule has 0 saturated heterocycles. The number of carbonyl (C=O) groups is 1. The number of furan rings is 1. The van der Waals surface area contributed by atoms with E-state index in [2.05, 4.69) is 179 Å². The average Bonchev–Trinajstić information content (AvgIpc) is 3.77. The van der Waals surface area contributed by atoms with E-state index in [0.717, 1.165) is 78.1 Å². The van der Waals surface area contributed by atoms with Crippen LogP contribution in [0.4, 0.5) is 11.4 Å². The molecule has 0 spiro atoms. The molecular weight excluding hydrogens is 1090 g/mol. The fraction of sp³-hybridized carbons (Fsp3) is 0.156. The first kappa shape index (κ1) is 51.8. The number of anilines is 2. The number of aromatic nitrogens is 2. The van der Waals surface area contributed by atoms with Crippen molar-refractivity contribution >= 4 is 58.4 Å². The van der Waals surface area contributed by atoms with Crippen LogP contribution in [-0.4, -0.2) is 35.0 Å². The first-order valence-electron chi connectivity index (χ1n) is 24.4. The molecule has 3 aromatic heterocycles. The third-order valence-corrected chi connectivity index (χ3v) is 15.1. The Morgan fingerprint density at radius 1 is 0.658 bits per heavy atom. The first-order valence-corrected chi connectivity index (χ1v) is 27.9. The summed E-state index contributed by atoms with van der Waals surface area (Å²) in [6.45, 7) is 17.6. The third kappa shape index (κ3) is 11.3. The predicted octanol–water partition coefficient (Wildman–Crippen LogP) is 16.3. The van der Waals surface area contributed by atoms with Crippen molar-refractivity contribution in [1.29, 1.82) is 0 Å². The molecule has 364 valence electrons. The molecule has 0 atom stereocenters. The van der Waals surface area contributed by atoms with Gasteiger partial charge in [-0.25, -0.2) is 0 Å². The molecule has 3 heterocycles. The van der Waals surface area contributed by atoms with Crippen molar-refractivity contribution < 1.29 is 34.4 Å². The smallest absolute Gasteiger partial charge is 0.520 e. The van der Waals surface area contributed by atoms with Crippen molar-refractivity contribution in [2.24, 2.45) is 0 Å². The van der Waals surface area contributed by atoms with E-state index in [0.29, 0.717) is 11.1 Å². The van der Waals surface area contributed by atoms with Gasteiger partial charge in [0.25, 0.3) is 5.97 Å². The van der Waals surface area contributed by atoms with E-state index in [-0.39, 0.29) is 43.3 Å². The van der Waals surface area contributed by atoms with Crippen molar-refractivity contribution in [3.05, 3.63) is 228 Å². The molecule has 1 N–H and O–H groups in total. The Kier molecular flexibility index (Phi) is 15.6. The van der Waals surface area contributed by atoms with Gasteiger partial charge in [-0.1, -0.05) is 174 Å². The first-order chi connectivity index (χ1) is 34.6. The topological polar surface area (TPSA) is 102 Å². The van der Waals surface area contributed by atoms with Crippen LogP contribution in [-0.2, 0) is 20.1 Å². The van der Waals surface area contributed by atoms with Gasteiger partial charge in [-0.3, -0.25) is 9.78 Å². The van der Waals surface area contributed by atoms with E-state index in [1.165, 1.54) is 22.4 Å². The van der Waals surface area contributed by atoms with Gasteiger partial charge < -0.3 is 24.8 Å². The van der Waals surface area contributed by atoms with Gasteiger partial charge in [0.1, 0.15) is 5.58 Å². The molecule has 7 aromatic carbocycles. The molecule has 10 aromatic rings. The van der Waals surface area contributed by atoms with Gasteiger partial charge in [0.15, 0.2) is 0 Å². The molecule has 9 heteroatoms. The van der Waals surface area contributed by atoms with Crippen LogP contribution >= 0.6 is 0 Å². The summed E-state index contributed by atoms with van der Waals surface area (Å²) in [5, 5.41) is 24.7. The molecule has 0 saturated carbocycles. The molecule has 0 unspecified atom stereocenters. The summed E-state index contributed by atoms with van der Waals surface area (Å²) in [5.74, 6) is -0.566. The quantitative estimate of drug-likeness (QED) is 0.0599. The maximum Gasteiger partial charge on any atom is 3.00 e. The van der Waals surface area contributed by atoms with Crippen molar-refractivity contribution in [2.45, 2.75) is 66.1 Å². The summed E-state index contributed by atoms with van der Waals surface area (Å²) in [5.41, 5.74) is 15.5. The number of fused-ring (bicyclic) bond motifs is 3. The molecular formula is C64H57IrN4O3Si. The second kappa shape index (κ2) is 22.1. The van der Waals surface area contributed by atoms with Crippen LogP contribution in [0.3, 0.4) is 0 Å². The molecule has 0 aliphatic carbocycles. The number of hydrogen-bond donors (Lipinski definition) is 1. The number of pyridine rings is 2. The van der Waals surface area contributed by atoms with Gasteiger partial charge in [-0.05, 0) is 109 Å².